The zero-order valence-corrected chi connectivity index (χ0v) is 23.7. The Morgan fingerprint density at radius 2 is 1.03 bits per heavy atom. The summed E-state index contributed by atoms with van der Waals surface area (Å²) >= 11 is 0. The van der Waals surface area contributed by atoms with Crippen LogP contribution in [0, 0.1) is 0 Å². The fourth-order valence-electron chi connectivity index (χ4n) is 3.14. The molecule has 2 amide bonds. The SMILES string of the molecule is CO/N=C(\Cc1ccc(OC)cc1)C(=O)NCCSSCCNC(=O)/C(Cc1ccc(OC)cc1)=N/OC. The van der Waals surface area contributed by atoms with Crippen molar-refractivity contribution in [2.45, 2.75) is 12.8 Å². The van der Waals surface area contributed by atoms with Crippen LogP contribution in [0.4, 0.5) is 0 Å². The normalized spacial score (nSPS) is 11.5. The van der Waals surface area contributed by atoms with Crippen LogP contribution in [-0.4, -0.2) is 76.3 Å². The Hall–Kier alpha value is -3.38. The topological polar surface area (TPSA) is 120 Å². The standard InChI is InChI=1S/C26H34N4O6S2/c1-33-21-9-5-19(6-10-21)17-23(29-35-3)25(31)27-13-15-37-38-16-14-28-26(32)24(30-36-4)18-20-7-11-22(34-2)12-8-20/h5-12H,13-18H2,1-4H3,(H,27,31)(H,28,32)/b29-23+,30-24+. The quantitative estimate of drug-likeness (QED) is 0.131. The van der Waals surface area contributed by atoms with E-state index in [0.29, 0.717) is 48.9 Å². The Morgan fingerprint density at radius 1 is 0.658 bits per heavy atom. The van der Waals surface area contributed by atoms with E-state index in [-0.39, 0.29) is 11.8 Å². The first-order valence-corrected chi connectivity index (χ1v) is 14.3. The second kappa shape index (κ2) is 18.0. The average Bonchev–Trinajstić information content (AvgIpc) is 2.94. The lowest BCUT2D eigenvalue weighted by molar-refractivity contribution is -0.115. The first-order chi connectivity index (χ1) is 18.5. The molecule has 0 aliphatic rings. The minimum absolute atomic E-state index is 0.276. The Bertz CT molecular complexity index is 977. The molecule has 0 radical (unpaired) electrons. The van der Waals surface area contributed by atoms with Crippen molar-refractivity contribution in [3.8, 4) is 11.5 Å². The zero-order chi connectivity index (χ0) is 27.6. The van der Waals surface area contributed by atoms with Crippen LogP contribution in [0.5, 0.6) is 11.5 Å². The molecule has 0 aromatic heterocycles. The minimum Gasteiger partial charge on any atom is -0.497 e. The number of ether oxygens (including phenoxy) is 2. The zero-order valence-electron chi connectivity index (χ0n) is 22.0. The molecule has 2 N–H and O–H groups in total. The van der Waals surface area contributed by atoms with Gasteiger partial charge in [0, 0.05) is 37.4 Å². The van der Waals surface area contributed by atoms with Crippen molar-refractivity contribution in [3.05, 3.63) is 59.7 Å². The van der Waals surface area contributed by atoms with Gasteiger partial charge in [-0.2, -0.15) is 0 Å². The molecule has 38 heavy (non-hydrogen) atoms. The maximum atomic E-state index is 12.5. The minimum atomic E-state index is -0.276. The largest absolute Gasteiger partial charge is 0.497 e. The first-order valence-electron chi connectivity index (χ1n) is 11.8. The first kappa shape index (κ1) is 30.8. The third kappa shape index (κ3) is 11.3. The highest BCUT2D eigenvalue weighted by molar-refractivity contribution is 8.76. The lowest BCUT2D eigenvalue weighted by atomic mass is 10.1. The molecule has 0 spiro atoms. The molecular formula is C26H34N4O6S2. The molecule has 0 saturated carbocycles. The summed E-state index contributed by atoms with van der Waals surface area (Å²) in [5.74, 6) is 2.33. The van der Waals surface area contributed by atoms with Gasteiger partial charge in [0.2, 0.25) is 0 Å². The molecule has 0 aliphatic carbocycles. The molecule has 0 heterocycles. The molecule has 0 aliphatic heterocycles. The fourth-order valence-corrected chi connectivity index (χ4v) is 4.95. The third-order valence-electron chi connectivity index (χ3n) is 5.01. The maximum absolute atomic E-state index is 12.5. The van der Waals surface area contributed by atoms with Gasteiger partial charge >= 0.3 is 0 Å². The number of amides is 2. The van der Waals surface area contributed by atoms with Crippen LogP contribution in [-0.2, 0) is 32.1 Å². The second-order valence-electron chi connectivity index (χ2n) is 7.65. The smallest absolute Gasteiger partial charge is 0.269 e. The molecule has 2 rings (SSSR count). The summed E-state index contributed by atoms with van der Waals surface area (Å²) in [5.41, 5.74) is 2.43. The van der Waals surface area contributed by atoms with Gasteiger partial charge < -0.3 is 29.8 Å². The van der Waals surface area contributed by atoms with Gasteiger partial charge in [0.25, 0.3) is 11.8 Å². The van der Waals surface area contributed by atoms with Crippen molar-refractivity contribution < 1.29 is 28.7 Å². The van der Waals surface area contributed by atoms with Gasteiger partial charge in [-0.05, 0) is 35.4 Å². The van der Waals surface area contributed by atoms with Crippen LogP contribution in [0.1, 0.15) is 11.1 Å². The van der Waals surface area contributed by atoms with E-state index in [1.165, 1.54) is 14.2 Å². The second-order valence-corrected chi connectivity index (χ2v) is 10.3. The number of nitrogens with one attached hydrogen (secondary N) is 2. The van der Waals surface area contributed by atoms with Crippen molar-refractivity contribution in [1.29, 1.82) is 0 Å². The van der Waals surface area contributed by atoms with Crippen LogP contribution in [0.25, 0.3) is 0 Å². The summed E-state index contributed by atoms with van der Waals surface area (Å²) < 4.78 is 10.3. The molecule has 0 fully saturated rings. The lowest BCUT2D eigenvalue weighted by Crippen LogP contribution is -2.34. The maximum Gasteiger partial charge on any atom is 0.269 e. The van der Waals surface area contributed by atoms with Gasteiger partial charge in [-0.3, -0.25) is 9.59 Å². The summed E-state index contributed by atoms with van der Waals surface area (Å²) in [6, 6.07) is 14.9. The molecular weight excluding hydrogens is 528 g/mol. The third-order valence-corrected chi connectivity index (χ3v) is 7.42. The molecule has 0 unspecified atom stereocenters. The van der Waals surface area contributed by atoms with E-state index in [2.05, 4.69) is 20.9 Å². The molecule has 2 aromatic carbocycles. The number of carbonyl (C=O) groups excluding carboxylic acids is 2. The van der Waals surface area contributed by atoms with Gasteiger partial charge in [0.05, 0.1) is 14.2 Å². The van der Waals surface area contributed by atoms with E-state index >= 15 is 0 Å². The molecule has 0 saturated heterocycles. The number of oxime groups is 2. The van der Waals surface area contributed by atoms with Crippen LogP contribution >= 0.6 is 21.6 Å². The number of nitrogens with zero attached hydrogens (tertiary/aromatic N) is 2. The van der Waals surface area contributed by atoms with Crippen molar-refractivity contribution in [2.24, 2.45) is 10.3 Å². The Morgan fingerprint density at radius 3 is 1.34 bits per heavy atom. The van der Waals surface area contributed by atoms with Gasteiger partial charge in [-0.15, -0.1) is 0 Å². The summed E-state index contributed by atoms with van der Waals surface area (Å²) in [7, 11) is 9.24. The highest BCUT2D eigenvalue weighted by Crippen LogP contribution is 2.19. The van der Waals surface area contributed by atoms with E-state index < -0.39 is 0 Å². The van der Waals surface area contributed by atoms with Crippen LogP contribution in [0.15, 0.2) is 58.8 Å². The monoisotopic (exact) mass is 562 g/mol. The molecule has 10 nitrogen and oxygen atoms in total. The van der Waals surface area contributed by atoms with Gasteiger partial charge in [-0.1, -0.05) is 56.2 Å². The van der Waals surface area contributed by atoms with Crippen molar-refractivity contribution in [1.82, 2.24) is 10.6 Å². The Balaban J connectivity index is 1.65. The van der Waals surface area contributed by atoms with Crippen LogP contribution < -0.4 is 20.1 Å². The Labute approximate surface area is 231 Å². The van der Waals surface area contributed by atoms with Crippen LogP contribution in [0.3, 0.4) is 0 Å². The number of hydrogen-bond acceptors (Lipinski definition) is 10. The molecule has 2 aromatic rings. The van der Waals surface area contributed by atoms with Crippen molar-refractivity contribution in [3.63, 3.8) is 0 Å². The van der Waals surface area contributed by atoms with Crippen LogP contribution in [0.2, 0.25) is 0 Å². The van der Waals surface area contributed by atoms with Gasteiger partial charge in [-0.25, -0.2) is 0 Å². The highest BCUT2D eigenvalue weighted by Gasteiger charge is 2.14. The predicted molar refractivity (Wildman–Crippen MR) is 153 cm³/mol. The van der Waals surface area contributed by atoms with E-state index in [1.54, 1.807) is 35.8 Å². The summed E-state index contributed by atoms with van der Waals surface area (Å²) in [6.45, 7) is 0.946. The van der Waals surface area contributed by atoms with Crippen molar-refractivity contribution >= 4 is 44.8 Å². The number of hydrogen-bond donors (Lipinski definition) is 2. The van der Waals surface area contributed by atoms with E-state index in [9.17, 15) is 9.59 Å². The molecule has 0 bridgehead atoms. The summed E-state index contributed by atoms with van der Waals surface area (Å²) in [4.78, 5) is 34.7. The Kier molecular flexibility index (Phi) is 14.6. The average molecular weight is 563 g/mol. The summed E-state index contributed by atoms with van der Waals surface area (Å²) in [5, 5.41) is 13.5. The number of benzene rings is 2. The van der Waals surface area contributed by atoms with Gasteiger partial charge in [0.1, 0.15) is 37.1 Å². The molecule has 12 heteroatoms. The summed E-state index contributed by atoms with van der Waals surface area (Å²) in [6.07, 6.45) is 0.691. The number of rotatable bonds is 17. The van der Waals surface area contributed by atoms with Gasteiger partial charge in [0.15, 0.2) is 0 Å². The molecule has 0 atom stereocenters. The highest BCUT2D eigenvalue weighted by atomic mass is 33.1. The van der Waals surface area contributed by atoms with E-state index in [4.69, 9.17) is 19.1 Å². The lowest BCUT2D eigenvalue weighted by Gasteiger charge is -2.09. The fraction of sp³-hybridized carbons (Fsp3) is 0.385. The predicted octanol–water partition coefficient (Wildman–Crippen LogP) is 3.11. The number of carbonyl (C=O) groups is 2. The van der Waals surface area contributed by atoms with Crippen molar-refractivity contribution in [2.75, 3.05) is 53.0 Å². The molecule has 206 valence electrons. The number of methoxy groups -OCH3 is 2. The van der Waals surface area contributed by atoms with E-state index in [1.807, 2.05) is 48.5 Å². The van der Waals surface area contributed by atoms with E-state index in [0.717, 1.165) is 22.6 Å².